The van der Waals surface area contributed by atoms with Gasteiger partial charge in [-0.15, -0.1) is 0 Å². The van der Waals surface area contributed by atoms with Gasteiger partial charge in [0.15, 0.2) is 11.5 Å². The van der Waals surface area contributed by atoms with Gasteiger partial charge in [0.05, 0.1) is 16.9 Å². The molecule has 1 aromatic carbocycles. The molecule has 0 spiro atoms. The zero-order chi connectivity index (χ0) is 18.6. The van der Waals surface area contributed by atoms with Crippen LogP contribution in [0.5, 0.6) is 0 Å². The standard InChI is InChI=1S/C17H16F3N3O2/c1-16(2)7-11-13(12(24)8-16)14(17(18,19)20)22-23(11)10-5-3-9(4-6-10)15(21)25/h3-6H,7-8H2,1-2H3,(H2,21,25). The summed E-state index contributed by atoms with van der Waals surface area (Å²) in [6.07, 6.45) is -4.40. The molecule has 1 aliphatic rings. The molecular weight excluding hydrogens is 335 g/mol. The Hall–Kier alpha value is -2.64. The van der Waals surface area contributed by atoms with Crippen molar-refractivity contribution in [3.8, 4) is 5.69 Å². The molecule has 8 heteroatoms. The van der Waals surface area contributed by atoms with Crippen LogP contribution in [0.3, 0.4) is 0 Å². The maximum Gasteiger partial charge on any atom is 0.435 e. The van der Waals surface area contributed by atoms with Crippen molar-refractivity contribution in [2.75, 3.05) is 0 Å². The average molecular weight is 351 g/mol. The van der Waals surface area contributed by atoms with E-state index in [1.807, 2.05) is 13.8 Å². The lowest BCUT2D eigenvalue weighted by atomic mass is 9.75. The minimum absolute atomic E-state index is 0.0371. The fourth-order valence-corrected chi connectivity index (χ4v) is 3.13. The number of rotatable bonds is 2. The SMILES string of the molecule is CC1(C)CC(=O)c2c(C(F)(F)F)nn(-c3ccc(C(N)=O)cc3)c2C1. The lowest BCUT2D eigenvalue weighted by molar-refractivity contribution is -0.141. The lowest BCUT2D eigenvalue weighted by Crippen LogP contribution is -2.29. The Bertz CT molecular complexity index is 864. The molecule has 1 heterocycles. The third-order valence-electron chi connectivity index (χ3n) is 4.21. The third kappa shape index (κ3) is 3.04. The maximum atomic E-state index is 13.4. The van der Waals surface area contributed by atoms with E-state index in [-0.39, 0.29) is 29.7 Å². The first-order valence-electron chi connectivity index (χ1n) is 7.62. The Kier molecular flexibility index (Phi) is 3.74. The first-order chi connectivity index (χ1) is 11.5. The molecule has 25 heavy (non-hydrogen) atoms. The highest BCUT2D eigenvalue weighted by molar-refractivity contribution is 6.00. The second kappa shape index (κ2) is 5.44. The first-order valence-corrected chi connectivity index (χ1v) is 7.62. The Morgan fingerprint density at radius 3 is 2.32 bits per heavy atom. The molecule has 1 aliphatic carbocycles. The summed E-state index contributed by atoms with van der Waals surface area (Å²) in [5.41, 5.74) is 4.00. The van der Waals surface area contributed by atoms with Gasteiger partial charge in [-0.1, -0.05) is 13.8 Å². The largest absolute Gasteiger partial charge is 0.435 e. The van der Waals surface area contributed by atoms with E-state index in [4.69, 9.17) is 5.73 Å². The van der Waals surface area contributed by atoms with Crippen LogP contribution in [-0.4, -0.2) is 21.5 Å². The van der Waals surface area contributed by atoms with Crippen LogP contribution in [0.15, 0.2) is 24.3 Å². The second-order valence-corrected chi connectivity index (χ2v) is 6.93. The normalized spacial score (nSPS) is 16.6. The zero-order valence-electron chi connectivity index (χ0n) is 13.6. The highest BCUT2D eigenvalue weighted by atomic mass is 19.4. The fraction of sp³-hybridized carbons (Fsp3) is 0.353. The number of alkyl halides is 3. The van der Waals surface area contributed by atoms with Crippen molar-refractivity contribution >= 4 is 11.7 Å². The number of fused-ring (bicyclic) bond motifs is 1. The molecule has 0 bridgehead atoms. The van der Waals surface area contributed by atoms with Crippen molar-refractivity contribution in [2.45, 2.75) is 32.9 Å². The molecule has 0 atom stereocenters. The van der Waals surface area contributed by atoms with Crippen molar-refractivity contribution in [3.63, 3.8) is 0 Å². The van der Waals surface area contributed by atoms with Crippen molar-refractivity contribution in [2.24, 2.45) is 11.1 Å². The van der Waals surface area contributed by atoms with Crippen LogP contribution in [0.25, 0.3) is 5.69 Å². The Labute approximate surface area is 141 Å². The van der Waals surface area contributed by atoms with Crippen molar-refractivity contribution in [3.05, 3.63) is 46.8 Å². The summed E-state index contributed by atoms with van der Waals surface area (Å²) in [5, 5.41) is 3.68. The number of benzene rings is 1. The molecular formula is C17H16F3N3O2. The Morgan fingerprint density at radius 1 is 1.20 bits per heavy atom. The second-order valence-electron chi connectivity index (χ2n) is 6.93. The van der Waals surface area contributed by atoms with E-state index in [0.717, 1.165) is 4.68 Å². The van der Waals surface area contributed by atoms with E-state index in [0.29, 0.717) is 5.69 Å². The molecule has 132 valence electrons. The molecule has 0 unspecified atom stereocenters. The van der Waals surface area contributed by atoms with E-state index in [1.54, 1.807) is 0 Å². The molecule has 0 fully saturated rings. The van der Waals surface area contributed by atoms with Gasteiger partial charge < -0.3 is 5.73 Å². The Morgan fingerprint density at radius 2 is 1.80 bits per heavy atom. The highest BCUT2D eigenvalue weighted by Crippen LogP contribution is 2.41. The number of halogens is 3. The molecule has 0 saturated carbocycles. The number of hydrogen-bond donors (Lipinski definition) is 1. The quantitative estimate of drug-likeness (QED) is 0.903. The number of Topliss-reactive ketones (excluding diaryl/α,β-unsaturated/α-hetero) is 1. The fourth-order valence-electron chi connectivity index (χ4n) is 3.13. The first kappa shape index (κ1) is 17.2. The molecule has 0 saturated heterocycles. The van der Waals surface area contributed by atoms with E-state index in [9.17, 15) is 22.8 Å². The molecule has 5 nitrogen and oxygen atoms in total. The molecule has 3 rings (SSSR count). The van der Waals surface area contributed by atoms with Crippen LogP contribution in [0, 0.1) is 5.41 Å². The van der Waals surface area contributed by atoms with Crippen LogP contribution >= 0.6 is 0 Å². The van der Waals surface area contributed by atoms with E-state index >= 15 is 0 Å². The molecule has 2 aromatic rings. The van der Waals surface area contributed by atoms with Gasteiger partial charge in [-0.2, -0.15) is 18.3 Å². The molecule has 0 radical (unpaired) electrons. The predicted octanol–water partition coefficient (Wildman–Crippen LogP) is 3.15. The third-order valence-corrected chi connectivity index (χ3v) is 4.21. The van der Waals surface area contributed by atoms with Gasteiger partial charge in [0.1, 0.15) is 0 Å². The number of hydrogen-bond acceptors (Lipinski definition) is 3. The number of ketones is 1. The van der Waals surface area contributed by atoms with Gasteiger partial charge in [-0.3, -0.25) is 9.59 Å². The molecule has 2 N–H and O–H groups in total. The van der Waals surface area contributed by atoms with Gasteiger partial charge in [-0.25, -0.2) is 4.68 Å². The van der Waals surface area contributed by atoms with Gasteiger partial charge in [0, 0.05) is 12.0 Å². The summed E-state index contributed by atoms with van der Waals surface area (Å²) in [6, 6.07) is 5.74. The minimum atomic E-state index is -4.72. The maximum absolute atomic E-state index is 13.4. The monoisotopic (exact) mass is 351 g/mol. The smallest absolute Gasteiger partial charge is 0.366 e. The summed E-state index contributed by atoms with van der Waals surface area (Å²) in [4.78, 5) is 23.5. The molecule has 1 amide bonds. The summed E-state index contributed by atoms with van der Waals surface area (Å²) in [6.45, 7) is 3.66. The summed E-state index contributed by atoms with van der Waals surface area (Å²) in [7, 11) is 0. The van der Waals surface area contributed by atoms with Gasteiger partial charge in [-0.05, 0) is 36.1 Å². The van der Waals surface area contributed by atoms with Gasteiger partial charge in [0.2, 0.25) is 5.91 Å². The number of primary amides is 1. The number of aromatic nitrogens is 2. The van der Waals surface area contributed by atoms with E-state index < -0.39 is 29.0 Å². The summed E-state index contributed by atoms with van der Waals surface area (Å²) in [5.74, 6) is -1.19. The Balaban J connectivity index is 2.21. The molecule has 1 aromatic heterocycles. The van der Waals surface area contributed by atoms with Crippen LogP contribution in [0.1, 0.15) is 52.4 Å². The van der Waals surface area contributed by atoms with Gasteiger partial charge in [0.25, 0.3) is 0 Å². The minimum Gasteiger partial charge on any atom is -0.366 e. The number of amides is 1. The van der Waals surface area contributed by atoms with Crippen LogP contribution in [0.4, 0.5) is 13.2 Å². The van der Waals surface area contributed by atoms with Crippen molar-refractivity contribution < 1.29 is 22.8 Å². The predicted molar refractivity (Wildman–Crippen MR) is 83.5 cm³/mol. The number of nitrogens with zero attached hydrogens (tertiary/aromatic N) is 2. The van der Waals surface area contributed by atoms with Gasteiger partial charge >= 0.3 is 6.18 Å². The number of carbonyl (C=O) groups is 2. The topological polar surface area (TPSA) is 78.0 Å². The summed E-state index contributed by atoms with van der Waals surface area (Å²) < 4.78 is 41.2. The van der Waals surface area contributed by atoms with Crippen molar-refractivity contribution in [1.82, 2.24) is 9.78 Å². The number of carbonyl (C=O) groups excluding carboxylic acids is 2. The lowest BCUT2D eigenvalue weighted by Gasteiger charge is -2.29. The number of nitrogens with two attached hydrogens (primary N) is 1. The highest BCUT2D eigenvalue weighted by Gasteiger charge is 2.45. The van der Waals surface area contributed by atoms with Crippen molar-refractivity contribution in [1.29, 1.82) is 0 Å². The van der Waals surface area contributed by atoms with Crippen LogP contribution in [0.2, 0.25) is 0 Å². The zero-order valence-corrected chi connectivity index (χ0v) is 13.6. The van der Waals surface area contributed by atoms with Crippen LogP contribution < -0.4 is 5.73 Å². The van der Waals surface area contributed by atoms with Crippen LogP contribution in [-0.2, 0) is 12.6 Å². The summed E-state index contributed by atoms with van der Waals surface area (Å²) >= 11 is 0. The van der Waals surface area contributed by atoms with E-state index in [1.165, 1.54) is 24.3 Å². The van der Waals surface area contributed by atoms with E-state index in [2.05, 4.69) is 5.10 Å². The average Bonchev–Trinajstić information content (AvgIpc) is 2.85. The molecule has 0 aliphatic heterocycles.